The highest BCUT2D eigenvalue weighted by Crippen LogP contribution is 2.19. The molecule has 3 nitrogen and oxygen atoms in total. The maximum absolute atomic E-state index is 11.8. The molecule has 0 aliphatic carbocycles. The van der Waals surface area contributed by atoms with Gasteiger partial charge >= 0.3 is 0 Å². The second-order valence-electron chi connectivity index (χ2n) is 3.86. The lowest BCUT2D eigenvalue weighted by atomic mass is 9.96. The molecule has 0 bridgehead atoms. The van der Waals surface area contributed by atoms with Crippen molar-refractivity contribution in [1.82, 2.24) is 0 Å². The normalized spacial score (nSPS) is 25.4. The van der Waals surface area contributed by atoms with Crippen LogP contribution in [0, 0.1) is 5.92 Å². The number of carbonyl (C=O) groups is 1. The van der Waals surface area contributed by atoms with Gasteiger partial charge in [-0.15, -0.1) is 0 Å². The number of aliphatic hydroxyl groups excluding tert-OH is 1. The van der Waals surface area contributed by atoms with Gasteiger partial charge in [0.05, 0.1) is 19.3 Å². The summed E-state index contributed by atoms with van der Waals surface area (Å²) in [5.41, 5.74) is 0.705. The van der Waals surface area contributed by atoms with E-state index in [1.165, 1.54) is 0 Å². The zero-order valence-electron chi connectivity index (χ0n) is 8.43. The summed E-state index contributed by atoms with van der Waals surface area (Å²) < 4.78 is 5.10. The van der Waals surface area contributed by atoms with Gasteiger partial charge in [0.15, 0.2) is 5.78 Å². The average Bonchev–Trinajstić information content (AvgIpc) is 2.66. The molecule has 15 heavy (non-hydrogen) atoms. The molecule has 0 aromatic heterocycles. The van der Waals surface area contributed by atoms with Crippen LogP contribution in [0.15, 0.2) is 30.3 Å². The smallest absolute Gasteiger partial charge is 0.163 e. The predicted molar refractivity (Wildman–Crippen MR) is 55.7 cm³/mol. The van der Waals surface area contributed by atoms with Crippen LogP contribution in [0.4, 0.5) is 0 Å². The van der Waals surface area contributed by atoms with Gasteiger partial charge in [0.1, 0.15) is 0 Å². The molecule has 1 aliphatic heterocycles. The number of hydrogen-bond donors (Lipinski definition) is 1. The average molecular weight is 206 g/mol. The van der Waals surface area contributed by atoms with Crippen molar-refractivity contribution in [1.29, 1.82) is 0 Å². The van der Waals surface area contributed by atoms with Crippen LogP contribution in [0.1, 0.15) is 16.8 Å². The maximum Gasteiger partial charge on any atom is 0.163 e. The van der Waals surface area contributed by atoms with E-state index in [0.29, 0.717) is 25.2 Å². The SMILES string of the molecule is O=C(CC1COCC1O)c1ccccc1. The quantitative estimate of drug-likeness (QED) is 0.757. The standard InChI is InChI=1S/C12H14O3/c13-11(9-4-2-1-3-5-9)6-10-7-15-8-12(10)14/h1-5,10,12,14H,6-8H2. The molecular weight excluding hydrogens is 192 g/mol. The number of aliphatic hydroxyl groups is 1. The van der Waals surface area contributed by atoms with E-state index in [9.17, 15) is 9.90 Å². The van der Waals surface area contributed by atoms with Gasteiger partial charge in [0.2, 0.25) is 0 Å². The van der Waals surface area contributed by atoms with Crippen LogP contribution < -0.4 is 0 Å². The Morgan fingerprint density at radius 3 is 2.67 bits per heavy atom. The molecule has 0 amide bonds. The summed E-state index contributed by atoms with van der Waals surface area (Å²) in [6.45, 7) is 0.840. The fourth-order valence-corrected chi connectivity index (χ4v) is 1.76. The van der Waals surface area contributed by atoms with Gasteiger partial charge in [-0.05, 0) is 0 Å². The fourth-order valence-electron chi connectivity index (χ4n) is 1.76. The van der Waals surface area contributed by atoms with Gasteiger partial charge in [0.25, 0.3) is 0 Å². The minimum Gasteiger partial charge on any atom is -0.390 e. The van der Waals surface area contributed by atoms with Crippen molar-refractivity contribution in [3.63, 3.8) is 0 Å². The Morgan fingerprint density at radius 1 is 1.33 bits per heavy atom. The summed E-state index contributed by atoms with van der Waals surface area (Å²) in [6, 6.07) is 9.16. The van der Waals surface area contributed by atoms with Gasteiger partial charge in [-0.25, -0.2) is 0 Å². The number of benzene rings is 1. The second kappa shape index (κ2) is 4.55. The van der Waals surface area contributed by atoms with Gasteiger partial charge in [0, 0.05) is 17.9 Å². The molecule has 2 atom stereocenters. The molecule has 1 saturated heterocycles. The third-order valence-corrected chi connectivity index (χ3v) is 2.71. The van der Waals surface area contributed by atoms with Crippen molar-refractivity contribution in [3.8, 4) is 0 Å². The van der Waals surface area contributed by atoms with Crippen LogP contribution in [0.3, 0.4) is 0 Å². The van der Waals surface area contributed by atoms with Crippen LogP contribution in [-0.4, -0.2) is 30.2 Å². The molecule has 0 radical (unpaired) electrons. The molecule has 1 aliphatic rings. The lowest BCUT2D eigenvalue weighted by molar-refractivity contribution is 0.0890. The van der Waals surface area contributed by atoms with E-state index in [0.717, 1.165) is 0 Å². The molecule has 1 N–H and O–H groups in total. The fraction of sp³-hybridized carbons (Fsp3) is 0.417. The molecular formula is C12H14O3. The van der Waals surface area contributed by atoms with Crippen molar-refractivity contribution in [3.05, 3.63) is 35.9 Å². The lowest BCUT2D eigenvalue weighted by Crippen LogP contribution is -2.21. The van der Waals surface area contributed by atoms with Gasteiger partial charge < -0.3 is 9.84 Å². The van der Waals surface area contributed by atoms with Crippen molar-refractivity contribution in [2.45, 2.75) is 12.5 Å². The molecule has 1 heterocycles. The van der Waals surface area contributed by atoms with Crippen LogP contribution in [0.5, 0.6) is 0 Å². The highest BCUT2D eigenvalue weighted by atomic mass is 16.5. The van der Waals surface area contributed by atoms with E-state index in [4.69, 9.17) is 4.74 Å². The number of Topliss-reactive ketones (excluding diaryl/α,β-unsaturated/α-hetero) is 1. The van der Waals surface area contributed by atoms with Crippen molar-refractivity contribution in [2.24, 2.45) is 5.92 Å². The third-order valence-electron chi connectivity index (χ3n) is 2.71. The summed E-state index contributed by atoms with van der Waals surface area (Å²) in [4.78, 5) is 11.8. The van der Waals surface area contributed by atoms with E-state index in [-0.39, 0.29) is 11.7 Å². The Morgan fingerprint density at radius 2 is 2.07 bits per heavy atom. The molecule has 80 valence electrons. The molecule has 2 unspecified atom stereocenters. The van der Waals surface area contributed by atoms with Crippen LogP contribution >= 0.6 is 0 Å². The van der Waals surface area contributed by atoms with E-state index in [2.05, 4.69) is 0 Å². The Bertz CT molecular complexity index is 334. The molecule has 1 aromatic carbocycles. The summed E-state index contributed by atoms with van der Waals surface area (Å²) in [5, 5.41) is 9.51. The molecule has 0 spiro atoms. The third kappa shape index (κ3) is 2.43. The highest BCUT2D eigenvalue weighted by Gasteiger charge is 2.28. The molecule has 0 saturated carbocycles. The first-order chi connectivity index (χ1) is 7.27. The van der Waals surface area contributed by atoms with Crippen molar-refractivity contribution >= 4 is 5.78 Å². The van der Waals surface area contributed by atoms with Crippen LogP contribution in [0.25, 0.3) is 0 Å². The van der Waals surface area contributed by atoms with E-state index in [1.54, 1.807) is 12.1 Å². The summed E-state index contributed by atoms with van der Waals surface area (Å²) in [5.74, 6) is 0.0304. The number of rotatable bonds is 3. The molecule has 2 rings (SSSR count). The zero-order chi connectivity index (χ0) is 10.7. The maximum atomic E-state index is 11.8. The highest BCUT2D eigenvalue weighted by molar-refractivity contribution is 5.96. The lowest BCUT2D eigenvalue weighted by Gasteiger charge is -2.10. The van der Waals surface area contributed by atoms with Gasteiger partial charge in [-0.2, -0.15) is 0 Å². The minimum absolute atomic E-state index is 0.0438. The first-order valence-corrected chi connectivity index (χ1v) is 5.11. The van der Waals surface area contributed by atoms with Crippen LogP contribution in [0.2, 0.25) is 0 Å². The first-order valence-electron chi connectivity index (χ1n) is 5.11. The summed E-state index contributed by atoms with van der Waals surface area (Å²) in [6.07, 6.45) is -0.122. The minimum atomic E-state index is -0.488. The molecule has 1 aromatic rings. The monoisotopic (exact) mass is 206 g/mol. The Balaban J connectivity index is 1.98. The van der Waals surface area contributed by atoms with E-state index < -0.39 is 6.10 Å². The van der Waals surface area contributed by atoms with Crippen molar-refractivity contribution in [2.75, 3.05) is 13.2 Å². The van der Waals surface area contributed by atoms with Gasteiger partial charge in [-0.3, -0.25) is 4.79 Å². The summed E-state index contributed by atoms with van der Waals surface area (Å²) in [7, 11) is 0. The largest absolute Gasteiger partial charge is 0.390 e. The van der Waals surface area contributed by atoms with Crippen LogP contribution in [-0.2, 0) is 4.74 Å². The second-order valence-corrected chi connectivity index (χ2v) is 3.86. The zero-order valence-corrected chi connectivity index (χ0v) is 8.43. The first kappa shape index (κ1) is 10.3. The summed E-state index contributed by atoms with van der Waals surface area (Å²) >= 11 is 0. The van der Waals surface area contributed by atoms with E-state index >= 15 is 0 Å². The Labute approximate surface area is 88.7 Å². The number of ketones is 1. The number of hydrogen-bond acceptors (Lipinski definition) is 3. The molecule has 3 heteroatoms. The number of ether oxygens (including phenoxy) is 1. The molecule has 1 fully saturated rings. The Hall–Kier alpha value is -1.19. The van der Waals surface area contributed by atoms with Crippen molar-refractivity contribution < 1.29 is 14.6 Å². The Kier molecular flexibility index (Phi) is 3.14. The van der Waals surface area contributed by atoms with Gasteiger partial charge in [-0.1, -0.05) is 30.3 Å². The van der Waals surface area contributed by atoms with E-state index in [1.807, 2.05) is 18.2 Å². The predicted octanol–water partition coefficient (Wildman–Crippen LogP) is 1.27. The topological polar surface area (TPSA) is 46.5 Å². The number of carbonyl (C=O) groups excluding carboxylic acids is 1.